The summed E-state index contributed by atoms with van der Waals surface area (Å²) in [6, 6.07) is 0. The Balaban J connectivity index is 2.84. The first kappa shape index (κ1) is 12.0. The van der Waals surface area contributed by atoms with Crippen LogP contribution in [0.5, 0.6) is 0 Å². The molecule has 15 heavy (non-hydrogen) atoms. The fourth-order valence-electron chi connectivity index (χ4n) is 1.34. The highest BCUT2D eigenvalue weighted by molar-refractivity contribution is 5.45. The Morgan fingerprint density at radius 2 is 2.07 bits per heavy atom. The average Bonchev–Trinajstić information content (AvgIpc) is 2.35. The van der Waals surface area contributed by atoms with Crippen LogP contribution in [-0.2, 0) is 18.4 Å². The molecule has 1 aromatic rings. The van der Waals surface area contributed by atoms with Crippen molar-refractivity contribution in [3.8, 4) is 0 Å². The van der Waals surface area contributed by atoms with Gasteiger partial charge in [0, 0.05) is 12.6 Å². The Labute approximate surface area is 90.6 Å². The van der Waals surface area contributed by atoms with E-state index in [9.17, 15) is 0 Å². The zero-order valence-electron chi connectivity index (χ0n) is 10.1. The zero-order chi connectivity index (χ0) is 11.6. The molecule has 0 aliphatic carbocycles. The van der Waals surface area contributed by atoms with Crippen LogP contribution in [0.2, 0.25) is 0 Å². The van der Waals surface area contributed by atoms with Crippen LogP contribution in [0.25, 0.3) is 0 Å². The molecule has 0 atom stereocenters. The highest BCUT2D eigenvalue weighted by atomic mass is 16.5. The van der Waals surface area contributed by atoms with E-state index >= 15 is 0 Å². The van der Waals surface area contributed by atoms with Crippen molar-refractivity contribution in [2.45, 2.75) is 39.9 Å². The highest BCUT2D eigenvalue weighted by Crippen LogP contribution is 2.21. The van der Waals surface area contributed by atoms with E-state index in [1.807, 2.05) is 34.7 Å². The molecule has 0 radical (unpaired) electrons. The Morgan fingerprint density at radius 1 is 1.47 bits per heavy atom. The van der Waals surface area contributed by atoms with Crippen molar-refractivity contribution in [1.29, 1.82) is 0 Å². The summed E-state index contributed by atoms with van der Waals surface area (Å²) in [5.74, 6) is 6.24. The van der Waals surface area contributed by atoms with E-state index in [1.54, 1.807) is 4.68 Å². The lowest BCUT2D eigenvalue weighted by molar-refractivity contribution is -0.0149. The van der Waals surface area contributed by atoms with E-state index < -0.39 is 0 Å². The SMILES string of the molecule is Cc1nn(C)c(NN)c1COC(C)(C)C. The number of anilines is 1. The maximum Gasteiger partial charge on any atom is 0.143 e. The molecule has 0 unspecified atom stereocenters. The van der Waals surface area contributed by atoms with Crippen molar-refractivity contribution >= 4 is 5.82 Å². The monoisotopic (exact) mass is 212 g/mol. The molecule has 0 fully saturated rings. The summed E-state index contributed by atoms with van der Waals surface area (Å²) in [6.45, 7) is 8.53. The lowest BCUT2D eigenvalue weighted by atomic mass is 10.2. The molecule has 0 aromatic carbocycles. The molecule has 3 N–H and O–H groups in total. The summed E-state index contributed by atoms with van der Waals surface area (Å²) < 4.78 is 7.42. The largest absolute Gasteiger partial charge is 0.371 e. The molecule has 0 amide bonds. The summed E-state index contributed by atoms with van der Waals surface area (Å²) in [4.78, 5) is 0. The van der Waals surface area contributed by atoms with E-state index in [-0.39, 0.29) is 5.60 Å². The summed E-state index contributed by atoms with van der Waals surface area (Å²) in [7, 11) is 1.85. The normalized spacial score (nSPS) is 11.9. The van der Waals surface area contributed by atoms with Crippen LogP contribution in [0.15, 0.2) is 0 Å². The Hall–Kier alpha value is -1.07. The third-order valence-electron chi connectivity index (χ3n) is 2.13. The van der Waals surface area contributed by atoms with Gasteiger partial charge in [0.05, 0.1) is 17.9 Å². The number of aryl methyl sites for hydroxylation is 2. The smallest absolute Gasteiger partial charge is 0.143 e. The number of nitrogen functional groups attached to an aromatic ring is 1. The summed E-state index contributed by atoms with van der Waals surface area (Å²) >= 11 is 0. The third kappa shape index (κ3) is 2.94. The number of nitrogens with one attached hydrogen (secondary N) is 1. The van der Waals surface area contributed by atoms with Crippen molar-refractivity contribution < 1.29 is 4.74 Å². The number of ether oxygens (including phenoxy) is 1. The van der Waals surface area contributed by atoms with Gasteiger partial charge in [0.25, 0.3) is 0 Å². The van der Waals surface area contributed by atoms with Crippen LogP contribution >= 0.6 is 0 Å². The quantitative estimate of drug-likeness (QED) is 0.586. The second-order valence-electron chi connectivity index (χ2n) is 4.58. The van der Waals surface area contributed by atoms with Crippen molar-refractivity contribution in [1.82, 2.24) is 9.78 Å². The molecule has 86 valence electrons. The van der Waals surface area contributed by atoms with Gasteiger partial charge in [-0.2, -0.15) is 5.10 Å². The van der Waals surface area contributed by atoms with Crippen molar-refractivity contribution in [3.05, 3.63) is 11.3 Å². The van der Waals surface area contributed by atoms with E-state index in [0.29, 0.717) is 6.61 Å². The predicted molar refractivity (Wildman–Crippen MR) is 60.3 cm³/mol. The number of hydrazine groups is 1. The summed E-state index contributed by atoms with van der Waals surface area (Å²) in [5.41, 5.74) is 4.43. The van der Waals surface area contributed by atoms with Crippen LogP contribution in [0, 0.1) is 6.92 Å². The zero-order valence-corrected chi connectivity index (χ0v) is 10.1. The number of hydrogen-bond donors (Lipinski definition) is 2. The Bertz CT molecular complexity index is 338. The second-order valence-corrected chi connectivity index (χ2v) is 4.58. The van der Waals surface area contributed by atoms with Crippen LogP contribution < -0.4 is 11.3 Å². The highest BCUT2D eigenvalue weighted by Gasteiger charge is 2.16. The molecule has 0 saturated heterocycles. The fourth-order valence-corrected chi connectivity index (χ4v) is 1.34. The minimum atomic E-state index is -0.159. The van der Waals surface area contributed by atoms with Crippen LogP contribution in [0.1, 0.15) is 32.0 Å². The van der Waals surface area contributed by atoms with Crippen LogP contribution in [0.4, 0.5) is 5.82 Å². The first-order valence-electron chi connectivity index (χ1n) is 4.98. The predicted octanol–water partition coefficient (Wildman–Crippen LogP) is 1.33. The number of aromatic nitrogens is 2. The molecule has 0 bridgehead atoms. The summed E-state index contributed by atoms with van der Waals surface area (Å²) in [5, 5.41) is 4.28. The van der Waals surface area contributed by atoms with Gasteiger partial charge in [-0.3, -0.25) is 4.68 Å². The lowest BCUT2D eigenvalue weighted by Crippen LogP contribution is -2.20. The molecule has 0 aliphatic heterocycles. The first-order valence-corrected chi connectivity index (χ1v) is 4.98. The topological polar surface area (TPSA) is 65.1 Å². The molecule has 5 nitrogen and oxygen atoms in total. The Kier molecular flexibility index (Phi) is 3.36. The van der Waals surface area contributed by atoms with E-state index in [0.717, 1.165) is 17.1 Å². The van der Waals surface area contributed by atoms with Gasteiger partial charge in [0.1, 0.15) is 5.82 Å². The number of hydrogen-bond acceptors (Lipinski definition) is 4. The average molecular weight is 212 g/mol. The maximum absolute atomic E-state index is 5.70. The van der Waals surface area contributed by atoms with Crippen molar-refractivity contribution in [2.24, 2.45) is 12.9 Å². The molecule has 1 heterocycles. The number of nitrogens with two attached hydrogens (primary N) is 1. The second kappa shape index (κ2) is 4.20. The molecular weight excluding hydrogens is 192 g/mol. The van der Waals surface area contributed by atoms with Crippen molar-refractivity contribution in [3.63, 3.8) is 0 Å². The van der Waals surface area contributed by atoms with E-state index in [1.165, 1.54) is 0 Å². The van der Waals surface area contributed by atoms with Gasteiger partial charge < -0.3 is 10.2 Å². The third-order valence-corrected chi connectivity index (χ3v) is 2.13. The Morgan fingerprint density at radius 3 is 2.53 bits per heavy atom. The fraction of sp³-hybridized carbons (Fsp3) is 0.700. The maximum atomic E-state index is 5.70. The van der Waals surface area contributed by atoms with E-state index in [2.05, 4.69) is 10.5 Å². The number of nitrogens with zero attached hydrogens (tertiary/aromatic N) is 2. The molecule has 1 aromatic heterocycles. The molecule has 1 rings (SSSR count). The van der Waals surface area contributed by atoms with Gasteiger partial charge in [-0.15, -0.1) is 0 Å². The molecule has 0 saturated carbocycles. The standard InChI is InChI=1S/C10H20N4O/c1-7-8(6-15-10(2,3)4)9(12-11)14(5)13-7/h12H,6,11H2,1-5H3. The van der Waals surface area contributed by atoms with Gasteiger partial charge in [-0.1, -0.05) is 0 Å². The van der Waals surface area contributed by atoms with Gasteiger partial charge in [-0.05, 0) is 27.7 Å². The summed E-state index contributed by atoms with van der Waals surface area (Å²) in [6.07, 6.45) is 0. The van der Waals surface area contributed by atoms with E-state index in [4.69, 9.17) is 10.6 Å². The minimum Gasteiger partial charge on any atom is -0.371 e. The molecule has 0 spiro atoms. The lowest BCUT2D eigenvalue weighted by Gasteiger charge is -2.19. The van der Waals surface area contributed by atoms with Crippen LogP contribution in [-0.4, -0.2) is 15.4 Å². The number of rotatable bonds is 3. The van der Waals surface area contributed by atoms with Gasteiger partial charge in [-0.25, -0.2) is 5.84 Å². The van der Waals surface area contributed by atoms with Gasteiger partial charge >= 0.3 is 0 Å². The minimum absolute atomic E-state index is 0.159. The van der Waals surface area contributed by atoms with Crippen molar-refractivity contribution in [2.75, 3.05) is 5.43 Å². The molecular formula is C10H20N4O. The molecule has 5 heteroatoms. The first-order chi connectivity index (χ1) is 6.85. The van der Waals surface area contributed by atoms with Gasteiger partial charge in [0.15, 0.2) is 0 Å². The van der Waals surface area contributed by atoms with Crippen LogP contribution in [0.3, 0.4) is 0 Å². The molecule has 0 aliphatic rings. The van der Waals surface area contributed by atoms with Gasteiger partial charge in [0.2, 0.25) is 0 Å².